The highest BCUT2D eigenvalue weighted by Crippen LogP contribution is 2.20. The number of hydrogen-bond donors (Lipinski definition) is 0. The minimum absolute atomic E-state index is 0.00410. The number of nitrogens with zero attached hydrogens (tertiary/aromatic N) is 2. The van der Waals surface area contributed by atoms with Crippen LogP contribution in [0.4, 0.5) is 0 Å². The molecular formula is C17H24N2O5S. The standard InChI is InChI=1S/C17H24N2O5S/c1-23-15-2-4-16(5-3-15)24-12-17(20)19-9-7-18(8-10-19)14-6-11-25(21,22)13-14/h2-5,14H,6-13H2,1H3/t14-/m0/s1. The van der Waals surface area contributed by atoms with Gasteiger partial charge in [-0.2, -0.15) is 0 Å². The highest BCUT2D eigenvalue weighted by atomic mass is 32.2. The molecule has 7 nitrogen and oxygen atoms in total. The molecule has 0 spiro atoms. The van der Waals surface area contributed by atoms with E-state index in [9.17, 15) is 13.2 Å². The summed E-state index contributed by atoms with van der Waals surface area (Å²) in [6.45, 7) is 2.66. The first-order valence-electron chi connectivity index (χ1n) is 8.46. The summed E-state index contributed by atoms with van der Waals surface area (Å²) < 4.78 is 33.8. The van der Waals surface area contributed by atoms with Gasteiger partial charge in [0.2, 0.25) is 0 Å². The van der Waals surface area contributed by atoms with Crippen LogP contribution in [0, 0.1) is 0 Å². The Morgan fingerprint density at radius 2 is 1.76 bits per heavy atom. The van der Waals surface area contributed by atoms with Crippen LogP contribution < -0.4 is 9.47 Å². The monoisotopic (exact) mass is 368 g/mol. The van der Waals surface area contributed by atoms with Gasteiger partial charge in [-0.3, -0.25) is 9.69 Å². The van der Waals surface area contributed by atoms with Crippen molar-refractivity contribution >= 4 is 15.7 Å². The Labute approximate surface area is 148 Å². The zero-order chi connectivity index (χ0) is 17.9. The van der Waals surface area contributed by atoms with Gasteiger partial charge in [0.15, 0.2) is 16.4 Å². The molecule has 2 heterocycles. The van der Waals surface area contributed by atoms with Gasteiger partial charge in [0, 0.05) is 32.2 Å². The van der Waals surface area contributed by atoms with Gasteiger partial charge >= 0.3 is 0 Å². The summed E-state index contributed by atoms with van der Waals surface area (Å²) in [4.78, 5) is 16.3. The maximum Gasteiger partial charge on any atom is 0.260 e. The Bertz CT molecular complexity index is 696. The molecule has 0 saturated carbocycles. The van der Waals surface area contributed by atoms with Crippen molar-refractivity contribution in [3.05, 3.63) is 24.3 Å². The predicted molar refractivity (Wildman–Crippen MR) is 93.7 cm³/mol. The van der Waals surface area contributed by atoms with E-state index in [-0.39, 0.29) is 30.1 Å². The highest BCUT2D eigenvalue weighted by molar-refractivity contribution is 7.91. The second-order valence-electron chi connectivity index (χ2n) is 6.44. The van der Waals surface area contributed by atoms with Crippen LogP contribution in [0.15, 0.2) is 24.3 Å². The number of methoxy groups -OCH3 is 1. The Hall–Kier alpha value is -1.80. The van der Waals surface area contributed by atoms with Gasteiger partial charge in [0.05, 0.1) is 18.6 Å². The number of ether oxygens (including phenoxy) is 2. The third-order valence-electron chi connectivity index (χ3n) is 4.81. The maximum absolute atomic E-state index is 12.3. The van der Waals surface area contributed by atoms with Crippen LogP contribution in [0.3, 0.4) is 0 Å². The lowest BCUT2D eigenvalue weighted by atomic mass is 10.2. The molecule has 2 aliphatic rings. The van der Waals surface area contributed by atoms with Crippen molar-refractivity contribution in [3.63, 3.8) is 0 Å². The quantitative estimate of drug-likeness (QED) is 0.749. The lowest BCUT2D eigenvalue weighted by Gasteiger charge is -2.37. The van der Waals surface area contributed by atoms with Crippen molar-refractivity contribution in [2.75, 3.05) is 51.4 Å². The summed E-state index contributed by atoms with van der Waals surface area (Å²) >= 11 is 0. The van der Waals surface area contributed by atoms with E-state index in [0.29, 0.717) is 38.3 Å². The maximum atomic E-state index is 12.3. The fraction of sp³-hybridized carbons (Fsp3) is 0.588. The number of carbonyl (C=O) groups is 1. The number of benzene rings is 1. The molecule has 0 bridgehead atoms. The summed E-state index contributed by atoms with van der Waals surface area (Å²) in [5, 5.41) is 0. The lowest BCUT2D eigenvalue weighted by molar-refractivity contribution is -0.135. The summed E-state index contributed by atoms with van der Waals surface area (Å²) in [5.41, 5.74) is 0. The van der Waals surface area contributed by atoms with E-state index < -0.39 is 9.84 Å². The van der Waals surface area contributed by atoms with Gasteiger partial charge < -0.3 is 14.4 Å². The van der Waals surface area contributed by atoms with Crippen molar-refractivity contribution in [1.82, 2.24) is 9.80 Å². The molecule has 3 rings (SSSR count). The molecule has 0 aromatic heterocycles. The Kier molecular flexibility index (Phi) is 5.48. The van der Waals surface area contributed by atoms with Crippen LogP contribution in [0.5, 0.6) is 11.5 Å². The zero-order valence-corrected chi connectivity index (χ0v) is 15.2. The SMILES string of the molecule is COc1ccc(OCC(=O)N2CCN([C@H]3CCS(=O)(=O)C3)CC2)cc1. The lowest BCUT2D eigenvalue weighted by Crippen LogP contribution is -2.53. The van der Waals surface area contributed by atoms with Gasteiger partial charge in [-0.25, -0.2) is 8.42 Å². The first-order chi connectivity index (χ1) is 12.0. The largest absolute Gasteiger partial charge is 0.497 e. The molecule has 1 aromatic carbocycles. The van der Waals surface area contributed by atoms with E-state index in [4.69, 9.17) is 9.47 Å². The summed E-state index contributed by atoms with van der Waals surface area (Å²) in [7, 11) is -1.27. The number of piperazine rings is 1. The van der Waals surface area contributed by atoms with E-state index in [1.54, 1.807) is 36.3 Å². The van der Waals surface area contributed by atoms with Crippen molar-refractivity contribution in [1.29, 1.82) is 0 Å². The minimum Gasteiger partial charge on any atom is -0.497 e. The van der Waals surface area contributed by atoms with Gasteiger partial charge in [0.25, 0.3) is 5.91 Å². The predicted octanol–water partition coefficient (Wildman–Crippen LogP) is 0.405. The fourth-order valence-electron chi connectivity index (χ4n) is 3.31. The van der Waals surface area contributed by atoms with Crippen molar-refractivity contribution in [2.24, 2.45) is 0 Å². The molecule has 1 atom stereocenters. The second kappa shape index (κ2) is 7.61. The first-order valence-corrected chi connectivity index (χ1v) is 10.3. The topological polar surface area (TPSA) is 76.2 Å². The van der Waals surface area contributed by atoms with Crippen LogP contribution in [0.2, 0.25) is 0 Å². The third-order valence-corrected chi connectivity index (χ3v) is 6.56. The molecule has 2 aliphatic heterocycles. The molecule has 0 unspecified atom stereocenters. The number of sulfone groups is 1. The second-order valence-corrected chi connectivity index (χ2v) is 8.67. The Morgan fingerprint density at radius 1 is 1.12 bits per heavy atom. The van der Waals surface area contributed by atoms with Crippen LogP contribution in [0.25, 0.3) is 0 Å². The minimum atomic E-state index is -2.87. The molecule has 0 aliphatic carbocycles. The molecule has 25 heavy (non-hydrogen) atoms. The van der Waals surface area contributed by atoms with Crippen LogP contribution in [-0.4, -0.2) is 81.6 Å². The Morgan fingerprint density at radius 3 is 2.32 bits per heavy atom. The van der Waals surface area contributed by atoms with Crippen LogP contribution in [0.1, 0.15) is 6.42 Å². The average Bonchev–Trinajstić information content (AvgIpc) is 3.00. The highest BCUT2D eigenvalue weighted by Gasteiger charge is 2.34. The molecule has 0 radical (unpaired) electrons. The van der Waals surface area contributed by atoms with E-state index in [1.807, 2.05) is 0 Å². The first kappa shape index (κ1) is 18.0. The summed E-state index contributed by atoms with van der Waals surface area (Å²) in [6.07, 6.45) is 0.705. The number of rotatable bonds is 5. The molecule has 1 amide bonds. The number of hydrogen-bond acceptors (Lipinski definition) is 6. The molecule has 8 heteroatoms. The molecule has 1 aromatic rings. The van der Waals surface area contributed by atoms with E-state index in [1.165, 1.54) is 0 Å². The normalized spacial score (nSPS) is 23.4. The van der Waals surface area contributed by atoms with E-state index in [2.05, 4.69) is 4.90 Å². The van der Waals surface area contributed by atoms with Crippen LogP contribution >= 0.6 is 0 Å². The smallest absolute Gasteiger partial charge is 0.260 e. The zero-order valence-electron chi connectivity index (χ0n) is 14.4. The molecule has 2 saturated heterocycles. The van der Waals surface area contributed by atoms with Crippen molar-refractivity contribution in [3.8, 4) is 11.5 Å². The van der Waals surface area contributed by atoms with Gasteiger partial charge in [-0.1, -0.05) is 0 Å². The van der Waals surface area contributed by atoms with Gasteiger partial charge in [0.1, 0.15) is 11.5 Å². The van der Waals surface area contributed by atoms with Crippen LogP contribution in [-0.2, 0) is 14.6 Å². The average molecular weight is 368 g/mol. The fourth-order valence-corrected chi connectivity index (χ4v) is 5.07. The summed E-state index contributed by atoms with van der Waals surface area (Å²) in [5.74, 6) is 1.86. The molecule has 138 valence electrons. The van der Waals surface area contributed by atoms with Crippen molar-refractivity contribution < 1.29 is 22.7 Å². The van der Waals surface area contributed by atoms with Gasteiger partial charge in [-0.05, 0) is 30.7 Å². The van der Waals surface area contributed by atoms with E-state index >= 15 is 0 Å². The van der Waals surface area contributed by atoms with Gasteiger partial charge in [-0.15, -0.1) is 0 Å². The number of carbonyl (C=O) groups excluding carboxylic acids is 1. The molecule has 2 fully saturated rings. The summed E-state index contributed by atoms with van der Waals surface area (Å²) in [6, 6.07) is 7.22. The molecular weight excluding hydrogens is 344 g/mol. The van der Waals surface area contributed by atoms with E-state index in [0.717, 1.165) is 5.75 Å². The molecule has 0 N–H and O–H groups in total. The van der Waals surface area contributed by atoms with Crippen molar-refractivity contribution in [2.45, 2.75) is 12.5 Å². The Balaban J connectivity index is 1.43. The third kappa shape index (κ3) is 4.64. The number of amides is 1.